The third-order valence-electron chi connectivity index (χ3n) is 3.90. The fraction of sp³-hybridized carbons (Fsp3) is 0.235. The van der Waals surface area contributed by atoms with Gasteiger partial charge in [0.15, 0.2) is 5.82 Å². The zero-order chi connectivity index (χ0) is 20.3. The molecule has 28 heavy (non-hydrogen) atoms. The summed E-state index contributed by atoms with van der Waals surface area (Å²) in [7, 11) is 0. The quantitative estimate of drug-likeness (QED) is 0.574. The van der Waals surface area contributed by atoms with Gasteiger partial charge in [0.05, 0.1) is 6.42 Å². The van der Waals surface area contributed by atoms with E-state index < -0.39 is 35.0 Å². The number of amides is 2. The van der Waals surface area contributed by atoms with Gasteiger partial charge in [-0.2, -0.15) is 5.10 Å². The molecular weight excluding hydrogens is 374 g/mol. The molecule has 0 bridgehead atoms. The number of aromatic amines is 1. The van der Waals surface area contributed by atoms with Crippen molar-refractivity contribution < 1.29 is 18.4 Å². The molecule has 2 amide bonds. The average molecular weight is 390 g/mol. The highest BCUT2D eigenvalue weighted by atomic mass is 19.1. The Balaban J connectivity index is 1.66. The molecule has 0 radical (unpaired) electrons. The lowest BCUT2D eigenvalue weighted by molar-refractivity contribution is -0.126. The number of nitrogens with zero attached hydrogens (tertiary/aromatic N) is 3. The highest BCUT2D eigenvalue weighted by Gasteiger charge is 2.20. The van der Waals surface area contributed by atoms with Gasteiger partial charge in [-0.15, -0.1) is 5.10 Å². The topological polar surface area (TPSA) is 121 Å². The molecule has 3 aromatic rings. The maximum Gasteiger partial charge on any atom is 0.290 e. The van der Waals surface area contributed by atoms with Crippen LogP contribution < -0.4 is 16.2 Å². The van der Waals surface area contributed by atoms with Crippen LogP contribution >= 0.6 is 0 Å². The van der Waals surface area contributed by atoms with Crippen LogP contribution in [0.3, 0.4) is 0 Å². The zero-order valence-electron chi connectivity index (χ0n) is 14.7. The number of nitrogens with one attached hydrogen (secondary N) is 3. The number of benzene rings is 1. The van der Waals surface area contributed by atoms with Gasteiger partial charge in [0.25, 0.3) is 5.56 Å². The molecule has 0 aliphatic heterocycles. The summed E-state index contributed by atoms with van der Waals surface area (Å²) in [6.07, 6.45) is 1.25. The summed E-state index contributed by atoms with van der Waals surface area (Å²) in [6, 6.07) is 3.27. The van der Waals surface area contributed by atoms with E-state index in [1.54, 1.807) is 6.92 Å². The van der Waals surface area contributed by atoms with Gasteiger partial charge in [0.2, 0.25) is 11.8 Å². The zero-order valence-corrected chi connectivity index (χ0v) is 14.7. The minimum Gasteiger partial charge on any atom is -0.344 e. The molecule has 0 saturated carbocycles. The average Bonchev–Trinajstić information content (AvgIpc) is 3.02. The predicted octanol–water partition coefficient (Wildman–Crippen LogP) is 0.772. The Labute approximate surface area is 156 Å². The number of aromatic nitrogens is 4. The number of anilines is 1. The van der Waals surface area contributed by atoms with Crippen molar-refractivity contribution in [2.45, 2.75) is 25.8 Å². The molecule has 9 nitrogen and oxygen atoms in total. The van der Waals surface area contributed by atoms with Crippen molar-refractivity contribution in [3.8, 4) is 0 Å². The lowest BCUT2D eigenvalue weighted by Crippen LogP contribution is -2.44. The van der Waals surface area contributed by atoms with Crippen molar-refractivity contribution in [2.75, 3.05) is 5.32 Å². The number of carbonyl (C=O) groups excluding carboxylic acids is 2. The van der Waals surface area contributed by atoms with Crippen LogP contribution in [0, 0.1) is 11.6 Å². The second-order valence-electron chi connectivity index (χ2n) is 6.02. The van der Waals surface area contributed by atoms with Crippen LogP contribution in [-0.4, -0.2) is 37.7 Å². The maximum absolute atomic E-state index is 13.2. The summed E-state index contributed by atoms with van der Waals surface area (Å²) in [5.74, 6) is -2.58. The Hall–Kier alpha value is -3.63. The second-order valence-corrected chi connectivity index (χ2v) is 6.02. The van der Waals surface area contributed by atoms with Crippen LogP contribution in [0.1, 0.15) is 18.9 Å². The molecule has 0 saturated heterocycles. The number of carbonyl (C=O) groups is 2. The highest BCUT2D eigenvalue weighted by Crippen LogP contribution is 2.10. The van der Waals surface area contributed by atoms with Crippen molar-refractivity contribution in [3.63, 3.8) is 0 Å². The molecule has 2 aromatic heterocycles. The molecule has 1 aromatic carbocycles. The first kappa shape index (κ1) is 19.1. The largest absolute Gasteiger partial charge is 0.344 e. The lowest BCUT2D eigenvalue weighted by atomic mass is 10.1. The summed E-state index contributed by atoms with van der Waals surface area (Å²) in [5, 5.41) is 14.9. The molecule has 0 fully saturated rings. The number of H-pyrrole nitrogens is 1. The lowest BCUT2D eigenvalue weighted by Gasteiger charge is -2.16. The van der Waals surface area contributed by atoms with Gasteiger partial charge >= 0.3 is 0 Å². The summed E-state index contributed by atoms with van der Waals surface area (Å²) in [6.45, 7) is 1.69. The van der Waals surface area contributed by atoms with Gasteiger partial charge < -0.3 is 10.6 Å². The normalized spacial score (nSPS) is 12.0. The van der Waals surface area contributed by atoms with Gasteiger partial charge in [-0.3, -0.25) is 14.4 Å². The molecule has 3 rings (SSSR count). The van der Waals surface area contributed by atoms with E-state index in [0.717, 1.165) is 12.1 Å². The third kappa shape index (κ3) is 4.37. The van der Waals surface area contributed by atoms with Crippen LogP contribution in [0.2, 0.25) is 0 Å². The Morgan fingerprint density at radius 3 is 2.57 bits per heavy atom. The first-order valence-electron chi connectivity index (χ1n) is 8.34. The van der Waals surface area contributed by atoms with Gasteiger partial charge in [-0.25, -0.2) is 18.4 Å². The second kappa shape index (κ2) is 7.94. The van der Waals surface area contributed by atoms with Crippen LogP contribution in [0.15, 0.2) is 35.4 Å². The summed E-state index contributed by atoms with van der Waals surface area (Å²) >= 11 is 0. The Kier molecular flexibility index (Phi) is 5.43. The maximum atomic E-state index is 13.2. The number of hydrogen-bond donors (Lipinski definition) is 3. The van der Waals surface area contributed by atoms with E-state index in [1.165, 1.54) is 16.9 Å². The van der Waals surface area contributed by atoms with Crippen LogP contribution in [-0.2, 0) is 16.0 Å². The smallest absolute Gasteiger partial charge is 0.290 e. The Morgan fingerprint density at radius 1 is 1.21 bits per heavy atom. The third-order valence-corrected chi connectivity index (χ3v) is 3.90. The highest BCUT2D eigenvalue weighted by molar-refractivity contribution is 5.97. The van der Waals surface area contributed by atoms with Crippen molar-refractivity contribution in [2.24, 2.45) is 0 Å². The number of hydrogen-bond acceptors (Lipinski definition) is 5. The van der Waals surface area contributed by atoms with Crippen LogP contribution in [0.4, 0.5) is 14.6 Å². The first-order valence-corrected chi connectivity index (χ1v) is 8.34. The minimum absolute atomic E-state index is 0.114. The van der Waals surface area contributed by atoms with Gasteiger partial charge in [0.1, 0.15) is 29.5 Å². The van der Waals surface area contributed by atoms with Crippen LogP contribution in [0.25, 0.3) is 5.52 Å². The van der Waals surface area contributed by atoms with Crippen molar-refractivity contribution in [1.29, 1.82) is 0 Å². The summed E-state index contributed by atoms with van der Waals surface area (Å²) in [5.41, 5.74) is -0.133. The SMILES string of the molecule is CCC(NC(=O)Cc1cc(F)cc(F)c1)C(=O)Nc1cc2c(=O)[nH]ncn2n1. The first-order chi connectivity index (χ1) is 13.4. The standard InChI is InChI=1S/C17H16F2N6O3/c1-2-12(21-15(26)5-9-3-10(18)6-11(19)4-9)16(27)22-14-7-13-17(28)23-20-8-25(13)24-14/h3-4,6-8,12H,2,5H2,1H3,(H,21,26)(H,23,28)(H,22,24,27). The molecule has 2 heterocycles. The fourth-order valence-corrected chi connectivity index (χ4v) is 2.62. The summed E-state index contributed by atoms with van der Waals surface area (Å²) < 4.78 is 27.6. The fourth-order valence-electron chi connectivity index (χ4n) is 2.62. The number of fused-ring (bicyclic) bond motifs is 1. The molecule has 146 valence electrons. The minimum atomic E-state index is -0.896. The molecular formula is C17H16F2N6O3. The van der Waals surface area contributed by atoms with E-state index in [9.17, 15) is 23.2 Å². The van der Waals surface area contributed by atoms with E-state index in [4.69, 9.17) is 0 Å². The molecule has 0 aliphatic rings. The molecule has 0 spiro atoms. The van der Waals surface area contributed by atoms with Crippen molar-refractivity contribution in [3.05, 3.63) is 58.1 Å². The van der Waals surface area contributed by atoms with Crippen molar-refractivity contribution >= 4 is 23.1 Å². The molecule has 0 aliphatic carbocycles. The van der Waals surface area contributed by atoms with Crippen LogP contribution in [0.5, 0.6) is 0 Å². The van der Waals surface area contributed by atoms with E-state index >= 15 is 0 Å². The number of halogens is 2. The van der Waals surface area contributed by atoms with E-state index in [1.807, 2.05) is 0 Å². The molecule has 1 unspecified atom stereocenters. The Morgan fingerprint density at radius 2 is 1.93 bits per heavy atom. The summed E-state index contributed by atoms with van der Waals surface area (Å²) in [4.78, 5) is 36.2. The van der Waals surface area contributed by atoms with Gasteiger partial charge in [0, 0.05) is 12.1 Å². The van der Waals surface area contributed by atoms with E-state index in [2.05, 4.69) is 25.9 Å². The van der Waals surface area contributed by atoms with Gasteiger partial charge in [-0.1, -0.05) is 6.92 Å². The Bertz CT molecular complexity index is 1070. The van der Waals surface area contributed by atoms with E-state index in [-0.39, 0.29) is 29.7 Å². The van der Waals surface area contributed by atoms with Crippen molar-refractivity contribution in [1.82, 2.24) is 25.1 Å². The van der Waals surface area contributed by atoms with Gasteiger partial charge in [-0.05, 0) is 24.1 Å². The number of rotatable bonds is 6. The monoisotopic (exact) mass is 390 g/mol. The molecule has 1 atom stereocenters. The van der Waals surface area contributed by atoms with E-state index in [0.29, 0.717) is 6.07 Å². The molecule has 11 heteroatoms. The molecule has 3 N–H and O–H groups in total. The predicted molar refractivity (Wildman–Crippen MR) is 94.5 cm³/mol.